The Morgan fingerprint density at radius 2 is 1.39 bits per heavy atom. The van der Waals surface area contributed by atoms with Gasteiger partial charge in [-0.3, -0.25) is 0 Å². The summed E-state index contributed by atoms with van der Waals surface area (Å²) in [6.45, 7) is 1.23. The molecule has 0 aliphatic rings. The Balaban J connectivity index is 3.55. The molecule has 0 aromatic carbocycles. The largest absolute Gasteiger partial charge is 0.437 e. The van der Waals surface area contributed by atoms with Crippen LogP contribution in [-0.2, 0) is 5.67 Å². The third kappa shape index (κ3) is 2.45. The lowest BCUT2D eigenvalue weighted by molar-refractivity contribution is -0.350. The number of alkyl halides is 7. The van der Waals surface area contributed by atoms with Gasteiger partial charge in [0.25, 0.3) is 0 Å². The second-order valence-corrected chi connectivity index (χ2v) is 4.32. The molecular formula is C9H5BrF7N. The summed E-state index contributed by atoms with van der Waals surface area (Å²) in [5, 5.41) is 0. The summed E-state index contributed by atoms with van der Waals surface area (Å²) < 4.78 is 87.6. The molecule has 1 aromatic heterocycles. The summed E-state index contributed by atoms with van der Waals surface area (Å²) in [5.74, 6) is 0. The molecule has 0 atom stereocenters. The molecule has 0 spiro atoms. The molecule has 0 unspecified atom stereocenters. The first kappa shape index (κ1) is 15.2. The van der Waals surface area contributed by atoms with Gasteiger partial charge in [-0.15, -0.1) is 0 Å². The summed E-state index contributed by atoms with van der Waals surface area (Å²) in [6, 6.07) is 1.57. The van der Waals surface area contributed by atoms with Crippen molar-refractivity contribution in [3.05, 3.63) is 28.0 Å². The molecule has 1 nitrogen and oxygen atoms in total. The number of nitrogens with zero attached hydrogens (tertiary/aromatic N) is 1. The fourth-order valence-corrected chi connectivity index (χ4v) is 1.80. The minimum absolute atomic E-state index is 0.0161. The lowest BCUT2D eigenvalue weighted by Gasteiger charge is -2.29. The Bertz CT molecular complexity index is 417. The smallest absolute Gasteiger partial charge is 0.242 e. The third-order valence-electron chi connectivity index (χ3n) is 2.07. The van der Waals surface area contributed by atoms with Crippen LogP contribution >= 0.6 is 15.9 Å². The highest BCUT2D eigenvalue weighted by atomic mass is 79.9. The van der Waals surface area contributed by atoms with Gasteiger partial charge in [0.15, 0.2) is 0 Å². The highest BCUT2D eigenvalue weighted by molar-refractivity contribution is 9.10. The van der Waals surface area contributed by atoms with Crippen LogP contribution < -0.4 is 0 Å². The van der Waals surface area contributed by atoms with Gasteiger partial charge in [-0.1, -0.05) is 0 Å². The molecule has 0 radical (unpaired) electrons. The molecule has 0 N–H and O–H groups in total. The third-order valence-corrected chi connectivity index (χ3v) is 2.48. The summed E-state index contributed by atoms with van der Waals surface area (Å²) in [6.07, 6.45) is -12.3. The molecular weight excluding hydrogens is 335 g/mol. The van der Waals surface area contributed by atoms with Gasteiger partial charge in [0.2, 0.25) is 0 Å². The van der Waals surface area contributed by atoms with Crippen molar-refractivity contribution >= 4 is 15.9 Å². The fourth-order valence-electron chi connectivity index (χ4n) is 1.25. The summed E-state index contributed by atoms with van der Waals surface area (Å²) in [4.78, 5) is 2.94. The molecule has 0 fully saturated rings. The molecule has 0 aliphatic carbocycles. The number of hydrogen-bond acceptors (Lipinski definition) is 1. The van der Waals surface area contributed by atoms with E-state index in [1.807, 2.05) is 0 Å². The van der Waals surface area contributed by atoms with E-state index < -0.39 is 23.7 Å². The summed E-state index contributed by atoms with van der Waals surface area (Å²) in [5.41, 5.74) is -7.22. The predicted molar refractivity (Wildman–Crippen MR) is 51.6 cm³/mol. The number of aryl methyl sites for hydroxylation is 1. The highest BCUT2D eigenvalue weighted by Gasteiger charge is 2.74. The van der Waals surface area contributed by atoms with Crippen molar-refractivity contribution < 1.29 is 30.7 Å². The Kier molecular flexibility index (Phi) is 3.68. The van der Waals surface area contributed by atoms with E-state index in [9.17, 15) is 30.7 Å². The van der Waals surface area contributed by atoms with Crippen molar-refractivity contribution in [2.75, 3.05) is 0 Å². The van der Waals surface area contributed by atoms with Crippen molar-refractivity contribution in [3.63, 3.8) is 0 Å². The molecule has 9 heteroatoms. The zero-order valence-electron chi connectivity index (χ0n) is 8.63. The molecule has 0 saturated heterocycles. The monoisotopic (exact) mass is 339 g/mol. The number of rotatable bonds is 1. The molecule has 0 amide bonds. The van der Waals surface area contributed by atoms with Crippen LogP contribution in [0.1, 0.15) is 11.3 Å². The van der Waals surface area contributed by atoms with Crippen molar-refractivity contribution in [1.82, 2.24) is 4.98 Å². The summed E-state index contributed by atoms with van der Waals surface area (Å²) in [7, 11) is 0. The van der Waals surface area contributed by atoms with Crippen LogP contribution in [0, 0.1) is 6.92 Å². The lowest BCUT2D eigenvalue weighted by atomic mass is 9.98. The van der Waals surface area contributed by atoms with E-state index in [4.69, 9.17) is 0 Å². The van der Waals surface area contributed by atoms with Crippen LogP contribution in [0.25, 0.3) is 0 Å². The van der Waals surface area contributed by atoms with E-state index in [1.54, 1.807) is 0 Å². The zero-order chi connectivity index (χ0) is 14.4. The SMILES string of the molecule is Cc1cc(Br)nc(C(F)(C(F)(F)F)C(F)(F)F)c1. The number of hydrogen-bond donors (Lipinski definition) is 0. The van der Waals surface area contributed by atoms with Crippen LogP contribution in [0.2, 0.25) is 0 Å². The maximum atomic E-state index is 13.6. The van der Waals surface area contributed by atoms with E-state index >= 15 is 0 Å². The van der Waals surface area contributed by atoms with E-state index in [-0.39, 0.29) is 10.2 Å². The topological polar surface area (TPSA) is 12.9 Å². The van der Waals surface area contributed by atoms with Gasteiger partial charge >= 0.3 is 18.0 Å². The summed E-state index contributed by atoms with van der Waals surface area (Å²) >= 11 is 2.63. The van der Waals surface area contributed by atoms with Gasteiger partial charge in [0.05, 0.1) is 5.69 Å². The van der Waals surface area contributed by atoms with Gasteiger partial charge in [-0.2, -0.15) is 26.3 Å². The molecule has 0 saturated carbocycles. The van der Waals surface area contributed by atoms with E-state index in [0.717, 1.165) is 6.07 Å². The average Bonchev–Trinajstić information content (AvgIpc) is 2.11. The molecule has 102 valence electrons. The van der Waals surface area contributed by atoms with E-state index in [0.29, 0.717) is 6.07 Å². The Morgan fingerprint density at radius 3 is 1.72 bits per heavy atom. The maximum Gasteiger partial charge on any atom is 0.437 e. The van der Waals surface area contributed by atoms with Crippen molar-refractivity contribution in [2.24, 2.45) is 0 Å². The highest BCUT2D eigenvalue weighted by Crippen LogP contribution is 2.52. The van der Waals surface area contributed by atoms with Gasteiger partial charge in [0.1, 0.15) is 4.60 Å². The second kappa shape index (κ2) is 4.36. The molecule has 0 aliphatic heterocycles. The predicted octanol–water partition coefficient (Wildman–Crippen LogP) is 4.44. The molecule has 18 heavy (non-hydrogen) atoms. The first-order chi connectivity index (χ1) is 7.89. The Hall–Kier alpha value is -0.860. The maximum absolute atomic E-state index is 13.6. The van der Waals surface area contributed by atoms with Gasteiger partial charge in [-0.25, -0.2) is 9.37 Å². The first-order valence-electron chi connectivity index (χ1n) is 4.36. The van der Waals surface area contributed by atoms with Crippen molar-refractivity contribution in [3.8, 4) is 0 Å². The number of pyridine rings is 1. The fraction of sp³-hybridized carbons (Fsp3) is 0.444. The zero-order valence-corrected chi connectivity index (χ0v) is 10.2. The quantitative estimate of drug-likeness (QED) is 0.544. The Labute approximate surface area is 105 Å². The van der Waals surface area contributed by atoms with Crippen molar-refractivity contribution in [1.29, 1.82) is 0 Å². The van der Waals surface area contributed by atoms with Crippen LogP contribution in [0.3, 0.4) is 0 Å². The average molecular weight is 340 g/mol. The van der Waals surface area contributed by atoms with Crippen LogP contribution in [0.4, 0.5) is 30.7 Å². The van der Waals surface area contributed by atoms with Crippen LogP contribution in [0.5, 0.6) is 0 Å². The van der Waals surface area contributed by atoms with Gasteiger partial charge in [-0.05, 0) is 40.5 Å². The van der Waals surface area contributed by atoms with E-state index in [1.165, 1.54) is 6.92 Å². The molecule has 0 bridgehead atoms. The van der Waals surface area contributed by atoms with Gasteiger partial charge < -0.3 is 0 Å². The van der Waals surface area contributed by atoms with Crippen molar-refractivity contribution in [2.45, 2.75) is 24.9 Å². The van der Waals surface area contributed by atoms with Crippen LogP contribution in [-0.4, -0.2) is 17.3 Å². The van der Waals surface area contributed by atoms with E-state index in [2.05, 4.69) is 20.9 Å². The lowest BCUT2D eigenvalue weighted by Crippen LogP contribution is -2.51. The first-order valence-corrected chi connectivity index (χ1v) is 5.16. The number of aromatic nitrogens is 1. The van der Waals surface area contributed by atoms with Crippen LogP contribution in [0.15, 0.2) is 16.7 Å². The molecule has 1 rings (SSSR count). The normalized spacial score (nSPS) is 13.8. The van der Waals surface area contributed by atoms with Gasteiger partial charge in [0, 0.05) is 0 Å². The molecule has 1 heterocycles. The standard InChI is InChI=1S/C9H5BrF7N/c1-4-2-5(18-6(10)3-4)7(11,8(12,13)14)9(15,16)17/h2-3H,1H3. The Morgan fingerprint density at radius 1 is 0.944 bits per heavy atom. The minimum Gasteiger partial charge on any atom is -0.242 e. The minimum atomic E-state index is -6.15. The number of halogens is 8. The molecule has 1 aromatic rings. The second-order valence-electron chi connectivity index (χ2n) is 3.51.